The van der Waals surface area contributed by atoms with Crippen LogP contribution in [-0.2, 0) is 6.42 Å². The highest BCUT2D eigenvalue weighted by atomic mass is 16.3. The Hall–Kier alpha value is -0.820. The molecule has 0 aliphatic heterocycles. The Bertz CT molecular complexity index is 230. The second-order valence-electron chi connectivity index (χ2n) is 3.81. The third-order valence-electron chi connectivity index (χ3n) is 2.80. The van der Waals surface area contributed by atoms with Gasteiger partial charge in [-0.2, -0.15) is 0 Å². The van der Waals surface area contributed by atoms with Crippen molar-refractivity contribution in [2.75, 3.05) is 6.61 Å². The fourth-order valence-electron chi connectivity index (χ4n) is 1.75. The van der Waals surface area contributed by atoms with E-state index in [1.165, 1.54) is 18.4 Å². The molecule has 1 nitrogen and oxygen atoms in total. The Morgan fingerprint density at radius 2 is 1.86 bits per heavy atom. The van der Waals surface area contributed by atoms with Crippen molar-refractivity contribution in [2.45, 2.75) is 32.6 Å². The van der Waals surface area contributed by atoms with E-state index in [2.05, 4.69) is 37.3 Å². The first-order valence-corrected chi connectivity index (χ1v) is 5.51. The molecule has 1 unspecified atom stereocenters. The lowest BCUT2D eigenvalue weighted by Crippen LogP contribution is -2.03. The van der Waals surface area contributed by atoms with Crippen molar-refractivity contribution in [2.24, 2.45) is 5.92 Å². The molecule has 0 saturated heterocycles. The van der Waals surface area contributed by atoms with Crippen molar-refractivity contribution in [3.8, 4) is 0 Å². The Morgan fingerprint density at radius 3 is 2.43 bits per heavy atom. The fraction of sp³-hybridized carbons (Fsp3) is 0.538. The lowest BCUT2D eigenvalue weighted by atomic mass is 9.94. The first kappa shape index (κ1) is 11.3. The lowest BCUT2D eigenvalue weighted by molar-refractivity contribution is 0.249. The molecule has 0 aromatic heterocycles. The monoisotopic (exact) mass is 192 g/mol. The highest BCUT2D eigenvalue weighted by Crippen LogP contribution is 2.15. The van der Waals surface area contributed by atoms with Crippen molar-refractivity contribution in [3.63, 3.8) is 0 Å². The third-order valence-corrected chi connectivity index (χ3v) is 2.80. The minimum Gasteiger partial charge on any atom is -0.396 e. The predicted molar refractivity (Wildman–Crippen MR) is 60.2 cm³/mol. The summed E-state index contributed by atoms with van der Waals surface area (Å²) in [6.45, 7) is 2.53. The van der Waals surface area contributed by atoms with Gasteiger partial charge in [0.15, 0.2) is 0 Å². The van der Waals surface area contributed by atoms with Crippen molar-refractivity contribution in [3.05, 3.63) is 35.9 Å². The standard InChI is InChI=1S/C13H20O/c1-2-12(10-11-14)8-9-13-6-4-3-5-7-13/h3-7,12,14H,2,8-11H2,1H3. The highest BCUT2D eigenvalue weighted by molar-refractivity contribution is 5.14. The van der Waals surface area contributed by atoms with Gasteiger partial charge in [0, 0.05) is 6.61 Å². The minimum absolute atomic E-state index is 0.327. The molecule has 0 fully saturated rings. The maximum Gasteiger partial charge on any atom is 0.0433 e. The molecule has 0 bridgehead atoms. The smallest absolute Gasteiger partial charge is 0.0433 e. The molecular formula is C13H20O. The summed E-state index contributed by atoms with van der Waals surface area (Å²) in [7, 11) is 0. The quantitative estimate of drug-likeness (QED) is 0.734. The molecule has 1 aromatic carbocycles. The van der Waals surface area contributed by atoms with Gasteiger partial charge >= 0.3 is 0 Å². The van der Waals surface area contributed by atoms with Crippen molar-refractivity contribution in [1.29, 1.82) is 0 Å². The highest BCUT2D eigenvalue weighted by Gasteiger charge is 2.05. The summed E-state index contributed by atoms with van der Waals surface area (Å²) in [6.07, 6.45) is 4.46. The zero-order chi connectivity index (χ0) is 10.2. The SMILES string of the molecule is CCC(CCO)CCc1ccccc1. The Balaban J connectivity index is 2.32. The number of aliphatic hydroxyl groups excluding tert-OH is 1. The molecule has 0 amide bonds. The topological polar surface area (TPSA) is 20.2 Å². The molecule has 0 heterocycles. The predicted octanol–water partition coefficient (Wildman–Crippen LogP) is 3.03. The van der Waals surface area contributed by atoms with E-state index in [4.69, 9.17) is 5.11 Å². The third kappa shape index (κ3) is 3.93. The summed E-state index contributed by atoms with van der Waals surface area (Å²) in [4.78, 5) is 0. The van der Waals surface area contributed by atoms with E-state index in [-0.39, 0.29) is 0 Å². The molecule has 1 atom stereocenters. The van der Waals surface area contributed by atoms with Crippen LogP contribution >= 0.6 is 0 Å². The van der Waals surface area contributed by atoms with Gasteiger partial charge in [0.25, 0.3) is 0 Å². The van der Waals surface area contributed by atoms with Gasteiger partial charge in [-0.15, -0.1) is 0 Å². The normalized spacial score (nSPS) is 12.7. The van der Waals surface area contributed by atoms with Gasteiger partial charge in [0.05, 0.1) is 0 Å². The fourth-order valence-corrected chi connectivity index (χ4v) is 1.75. The molecule has 0 spiro atoms. The lowest BCUT2D eigenvalue weighted by Gasteiger charge is -2.12. The number of rotatable bonds is 6. The van der Waals surface area contributed by atoms with Gasteiger partial charge in [0.2, 0.25) is 0 Å². The van der Waals surface area contributed by atoms with Crippen LogP contribution in [0.1, 0.15) is 31.7 Å². The van der Waals surface area contributed by atoms with E-state index in [0.29, 0.717) is 12.5 Å². The first-order chi connectivity index (χ1) is 6.86. The Labute approximate surface area is 86.8 Å². The Morgan fingerprint density at radius 1 is 1.14 bits per heavy atom. The molecule has 0 saturated carbocycles. The number of benzene rings is 1. The van der Waals surface area contributed by atoms with Gasteiger partial charge in [-0.1, -0.05) is 43.7 Å². The van der Waals surface area contributed by atoms with Crippen LogP contribution in [-0.4, -0.2) is 11.7 Å². The summed E-state index contributed by atoms with van der Waals surface area (Å²) in [6, 6.07) is 10.6. The van der Waals surface area contributed by atoms with E-state index in [9.17, 15) is 0 Å². The van der Waals surface area contributed by atoms with Crippen LogP contribution in [0.2, 0.25) is 0 Å². The van der Waals surface area contributed by atoms with Crippen LogP contribution in [0, 0.1) is 5.92 Å². The van der Waals surface area contributed by atoms with Crippen LogP contribution in [0.15, 0.2) is 30.3 Å². The average Bonchev–Trinajstić information content (AvgIpc) is 2.25. The summed E-state index contributed by atoms with van der Waals surface area (Å²) in [5.41, 5.74) is 1.41. The van der Waals surface area contributed by atoms with Gasteiger partial charge in [-0.25, -0.2) is 0 Å². The molecular weight excluding hydrogens is 172 g/mol. The van der Waals surface area contributed by atoms with Crippen molar-refractivity contribution < 1.29 is 5.11 Å². The first-order valence-electron chi connectivity index (χ1n) is 5.51. The number of hydrogen-bond acceptors (Lipinski definition) is 1. The average molecular weight is 192 g/mol. The Kier molecular flexibility index (Phi) is 5.31. The minimum atomic E-state index is 0.327. The number of aryl methyl sites for hydroxylation is 1. The molecule has 1 N–H and O–H groups in total. The van der Waals surface area contributed by atoms with Crippen LogP contribution < -0.4 is 0 Å². The maximum absolute atomic E-state index is 8.86. The second kappa shape index (κ2) is 6.61. The van der Waals surface area contributed by atoms with E-state index >= 15 is 0 Å². The van der Waals surface area contributed by atoms with Crippen LogP contribution in [0.25, 0.3) is 0 Å². The zero-order valence-corrected chi connectivity index (χ0v) is 8.95. The van der Waals surface area contributed by atoms with E-state index in [0.717, 1.165) is 12.8 Å². The molecule has 14 heavy (non-hydrogen) atoms. The summed E-state index contributed by atoms with van der Waals surface area (Å²) in [5, 5.41) is 8.86. The molecule has 1 rings (SSSR count). The van der Waals surface area contributed by atoms with Gasteiger partial charge in [0.1, 0.15) is 0 Å². The van der Waals surface area contributed by atoms with Gasteiger partial charge in [-0.3, -0.25) is 0 Å². The largest absolute Gasteiger partial charge is 0.396 e. The van der Waals surface area contributed by atoms with Crippen LogP contribution in [0.4, 0.5) is 0 Å². The van der Waals surface area contributed by atoms with Gasteiger partial charge in [-0.05, 0) is 30.7 Å². The van der Waals surface area contributed by atoms with E-state index < -0.39 is 0 Å². The number of aliphatic hydroxyl groups is 1. The molecule has 0 aliphatic rings. The summed E-state index contributed by atoms with van der Waals surface area (Å²) >= 11 is 0. The summed E-state index contributed by atoms with van der Waals surface area (Å²) in [5.74, 6) is 0.681. The van der Waals surface area contributed by atoms with Crippen LogP contribution in [0.3, 0.4) is 0 Å². The maximum atomic E-state index is 8.86. The van der Waals surface area contributed by atoms with Gasteiger partial charge < -0.3 is 5.11 Å². The molecule has 0 radical (unpaired) electrons. The van der Waals surface area contributed by atoms with E-state index in [1.807, 2.05) is 0 Å². The molecule has 1 aromatic rings. The number of hydrogen-bond donors (Lipinski definition) is 1. The zero-order valence-electron chi connectivity index (χ0n) is 8.95. The molecule has 78 valence electrons. The van der Waals surface area contributed by atoms with Crippen molar-refractivity contribution in [1.82, 2.24) is 0 Å². The summed E-state index contributed by atoms with van der Waals surface area (Å²) < 4.78 is 0. The molecule has 1 heteroatoms. The second-order valence-corrected chi connectivity index (χ2v) is 3.81. The van der Waals surface area contributed by atoms with Crippen LogP contribution in [0.5, 0.6) is 0 Å². The van der Waals surface area contributed by atoms with E-state index in [1.54, 1.807) is 0 Å². The molecule has 0 aliphatic carbocycles. The van der Waals surface area contributed by atoms with Crippen molar-refractivity contribution >= 4 is 0 Å².